The van der Waals surface area contributed by atoms with Gasteiger partial charge in [0.2, 0.25) is 0 Å². The average molecular weight is 312 g/mol. The second-order valence-corrected chi connectivity index (χ2v) is 6.42. The summed E-state index contributed by atoms with van der Waals surface area (Å²) in [7, 11) is -3.84. The third-order valence-electron chi connectivity index (χ3n) is 2.85. The summed E-state index contributed by atoms with van der Waals surface area (Å²) < 4.78 is 28.4. The van der Waals surface area contributed by atoms with Crippen molar-refractivity contribution in [2.45, 2.75) is 31.4 Å². The van der Waals surface area contributed by atoms with Crippen molar-refractivity contribution >= 4 is 15.8 Å². The Kier molecular flexibility index (Phi) is 4.14. The normalized spacial score (nSPS) is 11.8. The number of hydrogen-bond acceptors (Lipinski definition) is 5. The lowest BCUT2D eigenvalue weighted by Crippen LogP contribution is -2.16. The van der Waals surface area contributed by atoms with Gasteiger partial charge in [0.05, 0.1) is 6.61 Å². The molecule has 9 heteroatoms. The van der Waals surface area contributed by atoms with Gasteiger partial charge in [-0.3, -0.25) is 9.52 Å². The highest BCUT2D eigenvalue weighted by molar-refractivity contribution is 7.92. The Morgan fingerprint density at radius 2 is 2.14 bits per heavy atom. The highest BCUT2D eigenvalue weighted by Crippen LogP contribution is 2.20. The fourth-order valence-electron chi connectivity index (χ4n) is 1.85. The number of nitrogens with zero attached hydrogens (tertiary/aromatic N) is 2. The number of rotatable bonds is 5. The molecular weight excluding hydrogens is 296 g/mol. The Balaban J connectivity index is 2.35. The van der Waals surface area contributed by atoms with Crippen LogP contribution in [0.15, 0.2) is 34.1 Å². The van der Waals surface area contributed by atoms with Crippen LogP contribution >= 0.6 is 0 Å². The van der Waals surface area contributed by atoms with Gasteiger partial charge in [-0.1, -0.05) is 0 Å². The summed E-state index contributed by atoms with van der Waals surface area (Å²) in [5, 5.41) is 15.0. The molecule has 8 nitrogen and oxygen atoms in total. The van der Waals surface area contributed by atoms with Crippen LogP contribution in [0.2, 0.25) is 0 Å². The lowest BCUT2D eigenvalue weighted by molar-refractivity contribution is 0.268. The molecule has 2 aromatic heterocycles. The summed E-state index contributed by atoms with van der Waals surface area (Å²) in [5.74, 6) is 0.0115. The van der Waals surface area contributed by atoms with E-state index in [1.807, 2.05) is 13.8 Å². The second-order valence-electron chi connectivity index (χ2n) is 4.74. The maximum absolute atomic E-state index is 12.3. The third kappa shape index (κ3) is 3.31. The quantitative estimate of drug-likeness (QED) is 0.741. The maximum atomic E-state index is 12.3. The van der Waals surface area contributed by atoms with Gasteiger partial charge in [0.15, 0.2) is 5.82 Å². The van der Waals surface area contributed by atoms with E-state index in [2.05, 4.69) is 14.9 Å². The Morgan fingerprint density at radius 1 is 1.43 bits per heavy atom. The van der Waals surface area contributed by atoms with Crippen LogP contribution in [0.1, 0.15) is 25.6 Å². The molecule has 0 bridgehead atoms. The van der Waals surface area contributed by atoms with Crippen molar-refractivity contribution < 1.29 is 13.5 Å². The topological polar surface area (TPSA) is 117 Å². The molecule has 114 valence electrons. The lowest BCUT2D eigenvalue weighted by Gasteiger charge is -2.10. The number of H-pyrrole nitrogens is 1. The molecule has 0 aliphatic carbocycles. The summed E-state index contributed by atoms with van der Waals surface area (Å²) in [6, 6.07) is 3.85. The molecule has 0 saturated heterocycles. The van der Waals surface area contributed by atoms with Gasteiger partial charge in [-0.15, -0.1) is 0 Å². The monoisotopic (exact) mass is 312 g/mol. The average Bonchev–Trinajstić information content (AvgIpc) is 2.86. The molecule has 0 amide bonds. The van der Waals surface area contributed by atoms with Crippen LogP contribution < -0.4 is 10.3 Å². The first-order chi connectivity index (χ1) is 9.83. The number of aliphatic hydroxyl groups is 1. The standard InChI is InChI=1S/C12H16N4O4S/c1-8(2)16-6-10(5-9(16)7-17)21(19,20)15-11-3-4-12(18)14-13-11/h3-6,8,17H,7H2,1-2H3,(H,13,15)(H,14,18). The third-order valence-corrected chi connectivity index (χ3v) is 4.18. The van der Waals surface area contributed by atoms with Crippen molar-refractivity contribution in [1.82, 2.24) is 14.8 Å². The second kappa shape index (κ2) is 5.70. The van der Waals surface area contributed by atoms with E-state index in [-0.39, 0.29) is 23.4 Å². The van der Waals surface area contributed by atoms with Crippen LogP contribution in [0, 0.1) is 0 Å². The molecule has 0 spiro atoms. The number of aromatic amines is 1. The largest absolute Gasteiger partial charge is 0.390 e. The van der Waals surface area contributed by atoms with Gasteiger partial charge in [-0.25, -0.2) is 13.5 Å². The molecule has 0 unspecified atom stereocenters. The predicted molar refractivity (Wildman–Crippen MR) is 76.4 cm³/mol. The Hall–Kier alpha value is -2.13. The smallest absolute Gasteiger partial charge is 0.264 e. The van der Waals surface area contributed by atoms with E-state index in [1.165, 1.54) is 24.4 Å². The molecule has 0 saturated carbocycles. The van der Waals surface area contributed by atoms with Gasteiger partial charge >= 0.3 is 0 Å². The van der Waals surface area contributed by atoms with E-state index in [0.29, 0.717) is 5.69 Å². The van der Waals surface area contributed by atoms with Gasteiger partial charge in [-0.2, -0.15) is 5.10 Å². The highest BCUT2D eigenvalue weighted by Gasteiger charge is 2.19. The number of hydrogen-bond donors (Lipinski definition) is 3. The number of sulfonamides is 1. The summed E-state index contributed by atoms with van der Waals surface area (Å²) in [6.45, 7) is 3.50. The molecule has 0 radical (unpaired) electrons. The minimum Gasteiger partial charge on any atom is -0.390 e. The Morgan fingerprint density at radius 3 is 2.62 bits per heavy atom. The number of aliphatic hydroxyl groups excluding tert-OH is 1. The van der Waals surface area contributed by atoms with E-state index in [4.69, 9.17) is 0 Å². The molecule has 0 aliphatic heterocycles. The molecule has 21 heavy (non-hydrogen) atoms. The zero-order chi connectivity index (χ0) is 15.6. The van der Waals surface area contributed by atoms with Crippen molar-refractivity contribution in [3.8, 4) is 0 Å². The number of nitrogens with one attached hydrogen (secondary N) is 2. The molecular formula is C12H16N4O4S. The van der Waals surface area contributed by atoms with Gasteiger partial charge in [0, 0.05) is 24.0 Å². The molecule has 2 rings (SSSR count). The van der Waals surface area contributed by atoms with Crippen LogP contribution in [-0.2, 0) is 16.6 Å². The van der Waals surface area contributed by atoms with Crippen molar-refractivity contribution in [1.29, 1.82) is 0 Å². The van der Waals surface area contributed by atoms with Crippen LogP contribution in [0.5, 0.6) is 0 Å². The molecule has 3 N–H and O–H groups in total. The lowest BCUT2D eigenvalue weighted by atomic mass is 10.3. The van der Waals surface area contributed by atoms with Gasteiger partial charge in [-0.05, 0) is 26.0 Å². The van der Waals surface area contributed by atoms with Gasteiger partial charge in [0.1, 0.15) is 4.90 Å². The summed E-state index contributed by atoms with van der Waals surface area (Å²) in [4.78, 5) is 10.9. The zero-order valence-electron chi connectivity index (χ0n) is 11.6. The van der Waals surface area contributed by atoms with Crippen LogP contribution in [0.4, 0.5) is 5.82 Å². The summed E-state index contributed by atoms with van der Waals surface area (Å²) >= 11 is 0. The van der Waals surface area contributed by atoms with Crippen LogP contribution in [0.25, 0.3) is 0 Å². The molecule has 0 fully saturated rings. The predicted octanol–water partition coefficient (Wildman–Crippen LogP) is 0.445. The van der Waals surface area contributed by atoms with E-state index in [9.17, 15) is 18.3 Å². The Labute approximate surface area is 121 Å². The minimum atomic E-state index is -3.84. The molecule has 0 aliphatic rings. The number of anilines is 1. The van der Waals surface area contributed by atoms with Crippen molar-refractivity contribution in [2.24, 2.45) is 0 Å². The van der Waals surface area contributed by atoms with Gasteiger partial charge in [0.25, 0.3) is 15.6 Å². The molecule has 2 aromatic rings. The fraction of sp³-hybridized carbons (Fsp3) is 0.333. The van der Waals surface area contributed by atoms with Crippen LogP contribution in [0.3, 0.4) is 0 Å². The summed E-state index contributed by atoms with van der Waals surface area (Å²) in [5.41, 5.74) is 0.0753. The van der Waals surface area contributed by atoms with E-state index in [0.717, 1.165) is 0 Å². The molecule has 0 aromatic carbocycles. The van der Waals surface area contributed by atoms with Crippen molar-refractivity contribution in [3.63, 3.8) is 0 Å². The van der Waals surface area contributed by atoms with Crippen LogP contribution in [-0.4, -0.2) is 28.3 Å². The first-order valence-electron chi connectivity index (χ1n) is 6.23. The van der Waals surface area contributed by atoms with E-state index < -0.39 is 15.6 Å². The summed E-state index contributed by atoms with van der Waals surface area (Å²) in [6.07, 6.45) is 1.45. The first kappa shape index (κ1) is 15.3. The SMILES string of the molecule is CC(C)n1cc(S(=O)(=O)Nc2ccc(=O)[nH]n2)cc1CO. The molecule has 0 atom stereocenters. The minimum absolute atomic E-state index is 0.0115. The van der Waals surface area contributed by atoms with E-state index in [1.54, 1.807) is 4.57 Å². The fourth-order valence-corrected chi connectivity index (χ4v) is 2.90. The molecule has 2 heterocycles. The van der Waals surface area contributed by atoms with Gasteiger partial charge < -0.3 is 9.67 Å². The highest BCUT2D eigenvalue weighted by atomic mass is 32.2. The zero-order valence-corrected chi connectivity index (χ0v) is 12.4. The van der Waals surface area contributed by atoms with Crippen molar-refractivity contribution in [3.05, 3.63) is 40.4 Å². The first-order valence-corrected chi connectivity index (χ1v) is 7.72. The maximum Gasteiger partial charge on any atom is 0.264 e. The van der Waals surface area contributed by atoms with E-state index >= 15 is 0 Å². The Bertz CT molecular complexity index is 771. The van der Waals surface area contributed by atoms with Crippen molar-refractivity contribution in [2.75, 3.05) is 4.72 Å². The number of aromatic nitrogens is 3.